The molecule has 5 nitrogen and oxygen atoms in total. The predicted molar refractivity (Wildman–Crippen MR) is 91.0 cm³/mol. The van der Waals surface area contributed by atoms with Gasteiger partial charge in [0.2, 0.25) is 0 Å². The summed E-state index contributed by atoms with van der Waals surface area (Å²) in [7, 11) is 1.60. The van der Waals surface area contributed by atoms with E-state index >= 15 is 0 Å². The SMILES string of the molecule is COC1C=CC(Br)=CC1(Cc1cnccn1)OC(=O)C(C)(C)C. The van der Waals surface area contributed by atoms with Crippen LogP contribution in [0.5, 0.6) is 0 Å². The Morgan fingerprint density at radius 2 is 2.13 bits per heavy atom. The third-order valence-electron chi connectivity index (χ3n) is 3.52. The molecule has 1 aromatic heterocycles. The molecular weight excluding hydrogens is 360 g/mol. The van der Waals surface area contributed by atoms with E-state index in [1.807, 2.05) is 39.0 Å². The monoisotopic (exact) mass is 380 g/mol. The van der Waals surface area contributed by atoms with E-state index in [0.29, 0.717) is 6.42 Å². The van der Waals surface area contributed by atoms with Gasteiger partial charge in [-0.05, 0) is 32.9 Å². The Bertz CT molecular complexity index is 622. The minimum atomic E-state index is -0.970. The number of allylic oxidation sites excluding steroid dienone is 2. The van der Waals surface area contributed by atoms with Gasteiger partial charge in [0.25, 0.3) is 0 Å². The summed E-state index contributed by atoms with van der Waals surface area (Å²) in [4.78, 5) is 20.9. The van der Waals surface area contributed by atoms with Gasteiger partial charge in [-0.15, -0.1) is 0 Å². The molecule has 0 radical (unpaired) electrons. The zero-order valence-corrected chi connectivity index (χ0v) is 15.3. The molecule has 1 heterocycles. The highest BCUT2D eigenvalue weighted by molar-refractivity contribution is 9.11. The molecule has 0 spiro atoms. The number of halogens is 1. The first-order chi connectivity index (χ1) is 10.8. The number of aromatic nitrogens is 2. The highest BCUT2D eigenvalue weighted by Crippen LogP contribution is 2.35. The summed E-state index contributed by atoms with van der Waals surface area (Å²) in [5, 5.41) is 0. The van der Waals surface area contributed by atoms with Crippen LogP contribution in [-0.4, -0.2) is 34.8 Å². The molecule has 0 amide bonds. The molecular formula is C17H21BrN2O3. The maximum atomic E-state index is 12.5. The molecule has 2 rings (SSSR count). The van der Waals surface area contributed by atoms with E-state index in [1.165, 1.54) is 0 Å². The van der Waals surface area contributed by atoms with Gasteiger partial charge < -0.3 is 9.47 Å². The molecule has 0 aromatic carbocycles. The van der Waals surface area contributed by atoms with Gasteiger partial charge in [0, 0.05) is 36.6 Å². The summed E-state index contributed by atoms with van der Waals surface area (Å²) in [6.45, 7) is 5.47. The highest BCUT2D eigenvalue weighted by Gasteiger charge is 2.44. The van der Waals surface area contributed by atoms with E-state index in [0.717, 1.165) is 10.2 Å². The number of ether oxygens (including phenoxy) is 2. The number of carbonyl (C=O) groups is 1. The average Bonchev–Trinajstić information content (AvgIpc) is 2.47. The van der Waals surface area contributed by atoms with Gasteiger partial charge in [-0.2, -0.15) is 0 Å². The topological polar surface area (TPSA) is 61.3 Å². The van der Waals surface area contributed by atoms with Gasteiger partial charge in [0.1, 0.15) is 6.10 Å². The van der Waals surface area contributed by atoms with Crippen molar-refractivity contribution in [3.05, 3.63) is 47.0 Å². The second-order valence-corrected chi connectivity index (χ2v) is 7.43. The van der Waals surface area contributed by atoms with Gasteiger partial charge in [-0.3, -0.25) is 14.8 Å². The van der Waals surface area contributed by atoms with Crippen LogP contribution in [-0.2, 0) is 20.7 Å². The Labute approximate surface area is 144 Å². The standard InChI is InChI=1S/C17H21BrN2O3/c1-16(2,3)15(21)23-17(10-13-11-19-7-8-20-13)9-12(18)5-6-14(17)22-4/h5-9,11,14H,10H2,1-4H3. The van der Waals surface area contributed by atoms with Crippen molar-refractivity contribution in [3.63, 3.8) is 0 Å². The molecule has 1 aliphatic carbocycles. The first kappa shape index (κ1) is 17.8. The van der Waals surface area contributed by atoms with Crippen LogP contribution < -0.4 is 0 Å². The minimum absolute atomic E-state index is 0.296. The van der Waals surface area contributed by atoms with Crippen molar-refractivity contribution >= 4 is 21.9 Å². The van der Waals surface area contributed by atoms with E-state index in [1.54, 1.807) is 25.7 Å². The molecule has 0 aliphatic heterocycles. The van der Waals surface area contributed by atoms with Gasteiger partial charge in [0.05, 0.1) is 11.1 Å². The Morgan fingerprint density at radius 1 is 1.39 bits per heavy atom. The van der Waals surface area contributed by atoms with Gasteiger partial charge in [-0.25, -0.2) is 0 Å². The minimum Gasteiger partial charge on any atom is -0.451 e. The van der Waals surface area contributed by atoms with Gasteiger partial charge in [0.15, 0.2) is 5.60 Å². The van der Waals surface area contributed by atoms with E-state index in [4.69, 9.17) is 9.47 Å². The third-order valence-corrected chi connectivity index (χ3v) is 4.01. The molecule has 23 heavy (non-hydrogen) atoms. The first-order valence-electron chi connectivity index (χ1n) is 7.34. The molecule has 0 bridgehead atoms. The van der Waals surface area contributed by atoms with Crippen molar-refractivity contribution in [2.45, 2.75) is 38.9 Å². The Hall–Kier alpha value is -1.53. The normalized spacial score (nSPS) is 24.2. The lowest BCUT2D eigenvalue weighted by molar-refractivity contribution is -0.174. The summed E-state index contributed by atoms with van der Waals surface area (Å²) in [6, 6.07) is 0. The zero-order valence-electron chi connectivity index (χ0n) is 13.7. The summed E-state index contributed by atoms with van der Waals surface area (Å²) >= 11 is 3.47. The van der Waals surface area contributed by atoms with Crippen molar-refractivity contribution in [3.8, 4) is 0 Å². The number of methoxy groups -OCH3 is 1. The molecule has 0 saturated carbocycles. The second kappa shape index (κ2) is 6.93. The van der Waals surface area contributed by atoms with E-state index in [2.05, 4.69) is 25.9 Å². The summed E-state index contributed by atoms with van der Waals surface area (Å²) in [5.74, 6) is -0.296. The Morgan fingerprint density at radius 3 is 2.70 bits per heavy atom. The lowest BCUT2D eigenvalue weighted by Gasteiger charge is -2.39. The van der Waals surface area contributed by atoms with Crippen molar-refractivity contribution in [1.82, 2.24) is 9.97 Å². The lowest BCUT2D eigenvalue weighted by Crippen LogP contribution is -2.50. The van der Waals surface area contributed by atoms with E-state index in [-0.39, 0.29) is 5.97 Å². The van der Waals surface area contributed by atoms with Gasteiger partial charge >= 0.3 is 5.97 Å². The highest BCUT2D eigenvalue weighted by atomic mass is 79.9. The van der Waals surface area contributed by atoms with Crippen molar-refractivity contribution in [2.24, 2.45) is 5.41 Å². The summed E-state index contributed by atoms with van der Waals surface area (Å²) in [5.41, 5.74) is -0.860. The predicted octanol–water partition coefficient (Wildman–Crippen LogP) is 3.21. The summed E-state index contributed by atoms with van der Waals surface area (Å²) in [6.07, 6.45) is 10.5. The van der Waals surface area contributed by atoms with E-state index < -0.39 is 17.1 Å². The maximum absolute atomic E-state index is 12.5. The molecule has 1 aromatic rings. The van der Waals surface area contributed by atoms with Gasteiger partial charge in [-0.1, -0.05) is 22.0 Å². The molecule has 2 unspecified atom stereocenters. The number of hydrogen-bond donors (Lipinski definition) is 0. The van der Waals surface area contributed by atoms with Crippen LogP contribution in [0.1, 0.15) is 26.5 Å². The quantitative estimate of drug-likeness (QED) is 0.750. The van der Waals surface area contributed by atoms with Crippen LogP contribution in [0.25, 0.3) is 0 Å². The van der Waals surface area contributed by atoms with Crippen LogP contribution in [0, 0.1) is 5.41 Å². The molecule has 1 aliphatic rings. The fourth-order valence-corrected chi connectivity index (χ4v) is 2.83. The average molecular weight is 381 g/mol. The number of nitrogens with zero attached hydrogens (tertiary/aromatic N) is 2. The fourth-order valence-electron chi connectivity index (χ4n) is 2.29. The maximum Gasteiger partial charge on any atom is 0.312 e. The fraction of sp³-hybridized carbons (Fsp3) is 0.471. The number of esters is 1. The summed E-state index contributed by atoms with van der Waals surface area (Å²) < 4.78 is 12.3. The Balaban J connectivity index is 2.41. The van der Waals surface area contributed by atoms with Crippen LogP contribution >= 0.6 is 15.9 Å². The largest absolute Gasteiger partial charge is 0.451 e. The Kier molecular flexibility index (Phi) is 5.37. The zero-order chi connectivity index (χ0) is 17.1. The van der Waals surface area contributed by atoms with Crippen molar-refractivity contribution < 1.29 is 14.3 Å². The third kappa shape index (κ3) is 4.26. The molecule has 0 saturated heterocycles. The number of carbonyl (C=O) groups excluding carboxylic acids is 1. The van der Waals surface area contributed by atoms with Crippen LogP contribution in [0.4, 0.5) is 0 Å². The lowest BCUT2D eigenvalue weighted by atomic mass is 9.86. The molecule has 0 fully saturated rings. The smallest absolute Gasteiger partial charge is 0.312 e. The number of rotatable bonds is 4. The first-order valence-corrected chi connectivity index (χ1v) is 8.14. The molecule has 6 heteroatoms. The van der Waals surface area contributed by atoms with E-state index in [9.17, 15) is 4.79 Å². The van der Waals surface area contributed by atoms with Crippen LogP contribution in [0.3, 0.4) is 0 Å². The van der Waals surface area contributed by atoms with Crippen molar-refractivity contribution in [1.29, 1.82) is 0 Å². The molecule has 0 N–H and O–H groups in total. The van der Waals surface area contributed by atoms with Crippen molar-refractivity contribution in [2.75, 3.05) is 7.11 Å². The number of hydrogen-bond acceptors (Lipinski definition) is 5. The molecule has 124 valence electrons. The van der Waals surface area contributed by atoms with Crippen LogP contribution in [0.2, 0.25) is 0 Å². The van der Waals surface area contributed by atoms with Crippen LogP contribution in [0.15, 0.2) is 41.3 Å². The second-order valence-electron chi connectivity index (χ2n) is 6.51. The molecule has 2 atom stereocenters.